The number of thioether (sulfide) groups is 1. The SMILES string of the molecule is O=C(C1CC1)N1CCS[C@@H]1c1cccc(C(F)(F)F)c1. The molecule has 2 nitrogen and oxygen atoms in total. The Balaban J connectivity index is 1.85. The van der Waals surface area contributed by atoms with Gasteiger partial charge in [-0.25, -0.2) is 0 Å². The van der Waals surface area contributed by atoms with Crippen LogP contribution in [0, 0.1) is 5.92 Å². The van der Waals surface area contributed by atoms with Gasteiger partial charge in [0.1, 0.15) is 5.37 Å². The molecule has 1 saturated carbocycles. The van der Waals surface area contributed by atoms with Gasteiger partial charge < -0.3 is 4.90 Å². The second-order valence-corrected chi connectivity index (χ2v) is 6.34. The zero-order valence-electron chi connectivity index (χ0n) is 10.7. The Morgan fingerprint density at radius 1 is 1.30 bits per heavy atom. The van der Waals surface area contributed by atoms with Gasteiger partial charge in [0.25, 0.3) is 0 Å². The van der Waals surface area contributed by atoms with Crippen molar-refractivity contribution in [3.05, 3.63) is 35.4 Å². The third kappa shape index (κ3) is 2.66. The number of rotatable bonds is 2. The molecule has 0 N–H and O–H groups in total. The number of carbonyl (C=O) groups is 1. The number of hydrogen-bond donors (Lipinski definition) is 0. The molecule has 2 aliphatic rings. The lowest BCUT2D eigenvalue weighted by Crippen LogP contribution is -2.31. The number of amides is 1. The number of alkyl halides is 3. The van der Waals surface area contributed by atoms with Crippen molar-refractivity contribution in [2.24, 2.45) is 5.92 Å². The molecular formula is C14H14F3NOS. The first-order valence-electron chi connectivity index (χ1n) is 6.56. The van der Waals surface area contributed by atoms with Crippen molar-refractivity contribution in [3.63, 3.8) is 0 Å². The Morgan fingerprint density at radius 2 is 2.05 bits per heavy atom. The molecule has 0 unspecified atom stereocenters. The van der Waals surface area contributed by atoms with Crippen LogP contribution in [-0.2, 0) is 11.0 Å². The second-order valence-electron chi connectivity index (χ2n) is 5.15. The first-order chi connectivity index (χ1) is 9.47. The number of benzene rings is 1. The van der Waals surface area contributed by atoms with Crippen molar-refractivity contribution >= 4 is 17.7 Å². The van der Waals surface area contributed by atoms with E-state index in [9.17, 15) is 18.0 Å². The van der Waals surface area contributed by atoms with E-state index in [1.807, 2.05) is 0 Å². The van der Waals surface area contributed by atoms with Gasteiger partial charge in [0.2, 0.25) is 5.91 Å². The fraction of sp³-hybridized carbons (Fsp3) is 0.500. The zero-order chi connectivity index (χ0) is 14.3. The molecule has 1 aromatic rings. The first kappa shape index (κ1) is 13.8. The van der Waals surface area contributed by atoms with Crippen molar-refractivity contribution in [1.82, 2.24) is 4.90 Å². The zero-order valence-corrected chi connectivity index (χ0v) is 11.5. The number of nitrogens with zero attached hydrogens (tertiary/aromatic N) is 1. The molecule has 1 saturated heterocycles. The van der Waals surface area contributed by atoms with Gasteiger partial charge in [-0.3, -0.25) is 4.79 Å². The summed E-state index contributed by atoms with van der Waals surface area (Å²) in [5, 5.41) is -0.273. The molecule has 2 fully saturated rings. The molecule has 1 aliphatic carbocycles. The van der Waals surface area contributed by atoms with Crippen molar-refractivity contribution in [1.29, 1.82) is 0 Å². The Hall–Kier alpha value is -1.17. The minimum Gasteiger partial charge on any atom is -0.325 e. The van der Waals surface area contributed by atoms with Crippen LogP contribution in [0.4, 0.5) is 13.2 Å². The normalized spacial score (nSPS) is 23.1. The highest BCUT2D eigenvalue weighted by atomic mass is 32.2. The molecule has 1 heterocycles. The van der Waals surface area contributed by atoms with E-state index in [4.69, 9.17) is 0 Å². The minimum atomic E-state index is -4.34. The molecule has 0 aromatic heterocycles. The molecule has 20 heavy (non-hydrogen) atoms. The highest BCUT2D eigenvalue weighted by Crippen LogP contribution is 2.43. The number of halogens is 3. The molecule has 1 aromatic carbocycles. The largest absolute Gasteiger partial charge is 0.416 e. The summed E-state index contributed by atoms with van der Waals surface area (Å²) >= 11 is 1.53. The van der Waals surface area contributed by atoms with Gasteiger partial charge in [0.15, 0.2) is 0 Å². The maximum atomic E-state index is 12.8. The van der Waals surface area contributed by atoms with Crippen LogP contribution in [0.3, 0.4) is 0 Å². The summed E-state index contributed by atoms with van der Waals surface area (Å²) in [6.45, 7) is 0.626. The second kappa shape index (κ2) is 4.98. The molecule has 0 radical (unpaired) electrons. The van der Waals surface area contributed by atoms with E-state index in [1.165, 1.54) is 17.8 Å². The van der Waals surface area contributed by atoms with Gasteiger partial charge in [0, 0.05) is 18.2 Å². The summed E-state index contributed by atoms with van der Waals surface area (Å²) in [6.07, 6.45) is -2.52. The quantitative estimate of drug-likeness (QED) is 0.830. The van der Waals surface area contributed by atoms with E-state index in [0.29, 0.717) is 12.1 Å². The smallest absolute Gasteiger partial charge is 0.325 e. The van der Waals surface area contributed by atoms with Crippen molar-refractivity contribution < 1.29 is 18.0 Å². The molecule has 1 atom stereocenters. The average molecular weight is 301 g/mol. The third-order valence-electron chi connectivity index (χ3n) is 3.60. The van der Waals surface area contributed by atoms with Gasteiger partial charge in [-0.2, -0.15) is 13.2 Å². The molecular weight excluding hydrogens is 287 g/mol. The van der Waals surface area contributed by atoms with Crippen LogP contribution in [0.15, 0.2) is 24.3 Å². The van der Waals surface area contributed by atoms with Crippen molar-refractivity contribution in [2.45, 2.75) is 24.4 Å². The minimum absolute atomic E-state index is 0.0948. The third-order valence-corrected chi connectivity index (χ3v) is 4.86. The van der Waals surface area contributed by atoms with Crippen LogP contribution in [0.1, 0.15) is 29.3 Å². The van der Waals surface area contributed by atoms with Crippen LogP contribution < -0.4 is 0 Å². The van der Waals surface area contributed by atoms with E-state index >= 15 is 0 Å². The van der Waals surface area contributed by atoms with E-state index in [-0.39, 0.29) is 17.2 Å². The summed E-state index contributed by atoms with van der Waals surface area (Å²) < 4.78 is 38.3. The maximum Gasteiger partial charge on any atom is 0.416 e. The predicted molar refractivity (Wildman–Crippen MR) is 71.1 cm³/mol. The van der Waals surface area contributed by atoms with Crippen molar-refractivity contribution in [2.75, 3.05) is 12.3 Å². The molecule has 6 heteroatoms. The van der Waals surface area contributed by atoms with Crippen molar-refractivity contribution in [3.8, 4) is 0 Å². The molecule has 0 spiro atoms. The van der Waals surface area contributed by atoms with Gasteiger partial charge in [-0.15, -0.1) is 11.8 Å². The predicted octanol–water partition coefficient (Wildman–Crippen LogP) is 3.69. The fourth-order valence-corrected chi connectivity index (χ4v) is 3.66. The lowest BCUT2D eigenvalue weighted by Gasteiger charge is -2.24. The lowest BCUT2D eigenvalue weighted by atomic mass is 10.1. The van der Waals surface area contributed by atoms with Gasteiger partial charge in [0.05, 0.1) is 5.56 Å². The van der Waals surface area contributed by atoms with E-state index < -0.39 is 11.7 Å². The Morgan fingerprint density at radius 3 is 2.70 bits per heavy atom. The summed E-state index contributed by atoms with van der Waals surface area (Å²) in [7, 11) is 0. The summed E-state index contributed by atoms with van der Waals surface area (Å²) in [4.78, 5) is 13.9. The van der Waals surface area contributed by atoms with E-state index in [1.54, 1.807) is 11.0 Å². The first-order valence-corrected chi connectivity index (χ1v) is 7.61. The van der Waals surface area contributed by atoms with Crippen LogP contribution in [-0.4, -0.2) is 23.1 Å². The fourth-order valence-electron chi connectivity index (χ4n) is 2.41. The highest BCUT2D eigenvalue weighted by Gasteiger charge is 2.40. The topological polar surface area (TPSA) is 20.3 Å². The van der Waals surface area contributed by atoms with Gasteiger partial charge in [-0.1, -0.05) is 12.1 Å². The molecule has 1 amide bonds. The van der Waals surface area contributed by atoms with Gasteiger partial charge >= 0.3 is 6.18 Å². The summed E-state index contributed by atoms with van der Waals surface area (Å²) in [5.41, 5.74) is -0.0855. The number of carbonyl (C=O) groups excluding carboxylic acids is 1. The maximum absolute atomic E-state index is 12.8. The Kier molecular flexibility index (Phi) is 3.44. The number of hydrogen-bond acceptors (Lipinski definition) is 2. The van der Waals surface area contributed by atoms with E-state index in [0.717, 1.165) is 30.7 Å². The molecule has 1 aliphatic heterocycles. The Bertz CT molecular complexity index is 527. The standard InChI is InChI=1S/C14H14F3NOS/c15-14(16,17)11-3-1-2-10(8-11)13-18(6-7-20-13)12(19)9-4-5-9/h1-3,8-9,13H,4-7H2/t13-/m1/s1. The van der Waals surface area contributed by atoms with Gasteiger partial charge in [-0.05, 0) is 30.5 Å². The Labute approximate surface area is 119 Å². The van der Waals surface area contributed by atoms with Crippen LogP contribution in [0.5, 0.6) is 0 Å². The highest BCUT2D eigenvalue weighted by molar-refractivity contribution is 7.99. The molecule has 0 bridgehead atoms. The van der Waals surface area contributed by atoms with Crippen LogP contribution in [0.2, 0.25) is 0 Å². The van der Waals surface area contributed by atoms with Crippen LogP contribution in [0.25, 0.3) is 0 Å². The van der Waals surface area contributed by atoms with E-state index in [2.05, 4.69) is 0 Å². The molecule has 108 valence electrons. The summed E-state index contributed by atoms with van der Waals surface area (Å²) in [6, 6.07) is 5.31. The molecule has 3 rings (SSSR count). The monoisotopic (exact) mass is 301 g/mol. The average Bonchev–Trinajstić information content (AvgIpc) is 3.14. The lowest BCUT2D eigenvalue weighted by molar-refractivity contribution is -0.137. The summed E-state index contributed by atoms with van der Waals surface area (Å²) in [5.74, 6) is 0.971. The van der Waals surface area contributed by atoms with Crippen LogP contribution >= 0.6 is 11.8 Å².